The molecule has 1 aromatic heterocycles. The Balaban J connectivity index is 0.00000300. The number of likely N-dealkylation sites (tertiary alicyclic amines) is 1. The third-order valence-corrected chi connectivity index (χ3v) is 5.94. The molecule has 0 radical (unpaired) electrons. The van der Waals surface area contributed by atoms with Crippen molar-refractivity contribution in [2.75, 3.05) is 52.9 Å². The summed E-state index contributed by atoms with van der Waals surface area (Å²) in [6.07, 6.45) is 3.29. The van der Waals surface area contributed by atoms with Crippen molar-refractivity contribution in [3.63, 3.8) is 0 Å². The van der Waals surface area contributed by atoms with Gasteiger partial charge in [0.1, 0.15) is 0 Å². The van der Waals surface area contributed by atoms with Gasteiger partial charge in [-0.2, -0.15) is 0 Å². The number of rotatable bonds is 4. The largest absolute Gasteiger partial charge is 0.353 e. The maximum atomic E-state index is 12.7. The van der Waals surface area contributed by atoms with Crippen LogP contribution >= 0.6 is 24.0 Å². The highest BCUT2D eigenvalue weighted by Gasteiger charge is 2.28. The molecule has 3 rings (SSSR count). The summed E-state index contributed by atoms with van der Waals surface area (Å²) in [5.74, 6) is 2.45. The van der Waals surface area contributed by atoms with Crippen molar-refractivity contribution >= 4 is 35.8 Å². The molecule has 1 N–H and O–H groups in total. The summed E-state index contributed by atoms with van der Waals surface area (Å²) < 4.78 is 2.12. The van der Waals surface area contributed by atoms with E-state index in [0.717, 1.165) is 51.8 Å². The van der Waals surface area contributed by atoms with Crippen LogP contribution in [0.25, 0.3) is 0 Å². The summed E-state index contributed by atoms with van der Waals surface area (Å²) in [4.78, 5) is 23.8. The zero-order chi connectivity index (χ0) is 20.1. The Morgan fingerprint density at radius 3 is 2.34 bits per heavy atom. The van der Waals surface area contributed by atoms with Crippen molar-refractivity contribution in [1.29, 1.82) is 0 Å². The second kappa shape index (κ2) is 11.2. The Bertz CT molecular complexity index is 672. The molecule has 2 aliphatic heterocycles. The van der Waals surface area contributed by atoms with E-state index in [1.807, 2.05) is 7.05 Å². The molecule has 8 heteroatoms. The molecule has 2 fully saturated rings. The fourth-order valence-electron chi connectivity index (χ4n) is 4.46. The molecule has 2 aliphatic rings. The van der Waals surface area contributed by atoms with Gasteiger partial charge in [0.15, 0.2) is 5.96 Å². The van der Waals surface area contributed by atoms with E-state index < -0.39 is 0 Å². The van der Waals surface area contributed by atoms with E-state index in [-0.39, 0.29) is 29.9 Å². The normalized spacial score (nSPS) is 23.7. The highest BCUT2D eigenvalue weighted by molar-refractivity contribution is 14.0. The lowest BCUT2D eigenvalue weighted by atomic mass is 9.92. The number of halogens is 1. The predicted molar refractivity (Wildman–Crippen MR) is 129 cm³/mol. The standard InChI is InChI=1S/C21H36N6O.HI/c1-17-12-18(2)15-27(14-17)20(28)16-25-8-10-26(11-9-25)21(22-3)23-13-19-6-5-7-24(19)4;/h5-7,17-18H,8-16H2,1-4H3,(H,22,23);1H. The molecular formula is C21H37IN6O. The number of carbonyl (C=O) groups is 1. The number of carbonyl (C=O) groups excluding carboxylic acids is 1. The second-order valence-corrected chi connectivity index (χ2v) is 8.52. The minimum Gasteiger partial charge on any atom is -0.353 e. The molecule has 3 heterocycles. The zero-order valence-corrected chi connectivity index (χ0v) is 20.6. The Labute approximate surface area is 192 Å². The van der Waals surface area contributed by atoms with Crippen LogP contribution in [-0.4, -0.2) is 84.0 Å². The number of hydrogen-bond donors (Lipinski definition) is 1. The molecule has 2 atom stereocenters. The first-order chi connectivity index (χ1) is 13.5. The summed E-state index contributed by atoms with van der Waals surface area (Å²) in [6.45, 7) is 11.2. The summed E-state index contributed by atoms with van der Waals surface area (Å²) in [6, 6.07) is 4.17. The Morgan fingerprint density at radius 1 is 1.14 bits per heavy atom. The molecule has 2 saturated heterocycles. The van der Waals surface area contributed by atoms with Crippen LogP contribution in [0.2, 0.25) is 0 Å². The molecule has 29 heavy (non-hydrogen) atoms. The van der Waals surface area contributed by atoms with Gasteiger partial charge in [0.25, 0.3) is 0 Å². The molecule has 7 nitrogen and oxygen atoms in total. The number of piperazine rings is 1. The van der Waals surface area contributed by atoms with Gasteiger partial charge in [-0.3, -0.25) is 14.7 Å². The van der Waals surface area contributed by atoms with Crippen LogP contribution in [0.4, 0.5) is 0 Å². The summed E-state index contributed by atoms with van der Waals surface area (Å²) in [5.41, 5.74) is 1.23. The molecule has 1 amide bonds. The highest BCUT2D eigenvalue weighted by atomic mass is 127. The number of nitrogens with zero attached hydrogens (tertiary/aromatic N) is 5. The number of amides is 1. The van der Waals surface area contributed by atoms with Crippen LogP contribution < -0.4 is 5.32 Å². The molecule has 0 aromatic carbocycles. The Hall–Kier alpha value is -1.29. The van der Waals surface area contributed by atoms with Crippen LogP contribution in [0.3, 0.4) is 0 Å². The monoisotopic (exact) mass is 516 g/mol. The lowest BCUT2D eigenvalue weighted by molar-refractivity contribution is -0.135. The van der Waals surface area contributed by atoms with E-state index in [0.29, 0.717) is 18.4 Å². The Kier molecular flexibility index (Phi) is 9.26. The molecule has 164 valence electrons. The van der Waals surface area contributed by atoms with E-state index >= 15 is 0 Å². The van der Waals surface area contributed by atoms with Crippen molar-refractivity contribution in [2.45, 2.75) is 26.8 Å². The fraction of sp³-hybridized carbons (Fsp3) is 0.714. The zero-order valence-electron chi connectivity index (χ0n) is 18.3. The van der Waals surface area contributed by atoms with Crippen LogP contribution in [0.5, 0.6) is 0 Å². The van der Waals surface area contributed by atoms with Crippen LogP contribution in [0.1, 0.15) is 26.0 Å². The van der Waals surface area contributed by atoms with Gasteiger partial charge in [-0.25, -0.2) is 0 Å². The fourth-order valence-corrected chi connectivity index (χ4v) is 4.46. The molecular weight excluding hydrogens is 479 g/mol. The smallest absolute Gasteiger partial charge is 0.236 e. The maximum absolute atomic E-state index is 12.7. The highest BCUT2D eigenvalue weighted by Crippen LogP contribution is 2.21. The topological polar surface area (TPSA) is 56.1 Å². The average molecular weight is 516 g/mol. The molecule has 0 bridgehead atoms. The van der Waals surface area contributed by atoms with Crippen LogP contribution in [0.15, 0.2) is 23.3 Å². The van der Waals surface area contributed by atoms with Gasteiger partial charge >= 0.3 is 0 Å². The lowest BCUT2D eigenvalue weighted by Crippen LogP contribution is -2.55. The van der Waals surface area contributed by atoms with Crippen molar-refractivity contribution in [3.8, 4) is 0 Å². The summed E-state index contributed by atoms with van der Waals surface area (Å²) in [7, 11) is 3.89. The quantitative estimate of drug-likeness (QED) is 0.377. The van der Waals surface area contributed by atoms with Crippen molar-refractivity contribution in [3.05, 3.63) is 24.0 Å². The van der Waals surface area contributed by atoms with E-state index in [1.165, 1.54) is 12.1 Å². The molecule has 0 aliphatic carbocycles. The minimum atomic E-state index is 0. The number of piperidine rings is 1. The van der Waals surface area contributed by atoms with Gasteiger partial charge in [-0.05, 0) is 30.4 Å². The van der Waals surface area contributed by atoms with Gasteiger partial charge in [0.2, 0.25) is 5.91 Å². The number of guanidine groups is 1. The van der Waals surface area contributed by atoms with Crippen LogP contribution in [-0.2, 0) is 18.4 Å². The average Bonchev–Trinajstić information content (AvgIpc) is 3.07. The minimum absolute atomic E-state index is 0. The molecule has 1 aromatic rings. The van der Waals surface area contributed by atoms with Gasteiger partial charge < -0.3 is 19.7 Å². The number of aromatic nitrogens is 1. The summed E-state index contributed by atoms with van der Waals surface area (Å²) >= 11 is 0. The maximum Gasteiger partial charge on any atom is 0.236 e. The Morgan fingerprint density at radius 2 is 1.79 bits per heavy atom. The van der Waals surface area contributed by atoms with Crippen LogP contribution in [0, 0.1) is 11.8 Å². The molecule has 2 unspecified atom stereocenters. The van der Waals surface area contributed by atoms with Gasteiger partial charge in [0, 0.05) is 65.3 Å². The van der Waals surface area contributed by atoms with E-state index in [9.17, 15) is 4.79 Å². The summed E-state index contributed by atoms with van der Waals surface area (Å²) in [5, 5.41) is 3.46. The SMILES string of the molecule is CN=C(NCc1cccn1C)N1CCN(CC(=O)N2CC(C)CC(C)C2)CC1.I. The first kappa shape index (κ1) is 24.0. The van der Waals surface area contributed by atoms with E-state index in [2.05, 4.69) is 68.8 Å². The number of nitrogens with one attached hydrogen (secondary N) is 1. The molecule has 0 spiro atoms. The van der Waals surface area contributed by atoms with Gasteiger partial charge in [-0.1, -0.05) is 13.8 Å². The van der Waals surface area contributed by atoms with Crippen molar-refractivity contribution in [2.24, 2.45) is 23.9 Å². The van der Waals surface area contributed by atoms with E-state index in [1.54, 1.807) is 0 Å². The lowest BCUT2D eigenvalue weighted by Gasteiger charge is -2.39. The number of hydrogen-bond acceptors (Lipinski definition) is 3. The molecule has 0 saturated carbocycles. The van der Waals surface area contributed by atoms with E-state index in [4.69, 9.17) is 0 Å². The third-order valence-electron chi connectivity index (χ3n) is 5.94. The van der Waals surface area contributed by atoms with Gasteiger partial charge in [-0.15, -0.1) is 24.0 Å². The first-order valence-corrected chi connectivity index (χ1v) is 10.5. The van der Waals surface area contributed by atoms with Crippen molar-refractivity contribution < 1.29 is 4.79 Å². The van der Waals surface area contributed by atoms with Gasteiger partial charge in [0.05, 0.1) is 13.1 Å². The number of aliphatic imine (C=N–C) groups is 1. The number of aryl methyl sites for hydroxylation is 1. The third kappa shape index (κ3) is 6.60. The predicted octanol–water partition coefficient (Wildman–Crippen LogP) is 1.84. The second-order valence-electron chi connectivity index (χ2n) is 8.52. The first-order valence-electron chi connectivity index (χ1n) is 10.5. The van der Waals surface area contributed by atoms with Crippen molar-refractivity contribution in [1.82, 2.24) is 24.6 Å².